The number of anilines is 2. The molecule has 2 aromatic rings. The quantitative estimate of drug-likeness (QED) is 0.569. The molecular weight excluding hydrogens is 454 g/mol. The van der Waals surface area contributed by atoms with Crippen LogP contribution in [0.25, 0.3) is 0 Å². The van der Waals surface area contributed by atoms with Gasteiger partial charge in [-0.25, -0.2) is 13.2 Å². The first-order chi connectivity index (χ1) is 15.9. The summed E-state index contributed by atoms with van der Waals surface area (Å²) >= 11 is 0. The van der Waals surface area contributed by atoms with Gasteiger partial charge in [-0.15, -0.1) is 0 Å². The van der Waals surface area contributed by atoms with Gasteiger partial charge in [0.05, 0.1) is 24.2 Å². The van der Waals surface area contributed by atoms with Crippen molar-refractivity contribution in [1.29, 1.82) is 0 Å². The average molecular weight is 488 g/mol. The molecule has 0 saturated carbocycles. The zero-order chi connectivity index (χ0) is 24.7. The van der Waals surface area contributed by atoms with Crippen LogP contribution >= 0.6 is 0 Å². The Morgan fingerprint density at radius 2 is 1.88 bits per heavy atom. The van der Waals surface area contributed by atoms with Gasteiger partial charge in [0.15, 0.2) is 0 Å². The Balaban J connectivity index is 1.61. The first-order valence-corrected chi connectivity index (χ1v) is 12.9. The van der Waals surface area contributed by atoms with Crippen LogP contribution in [0.4, 0.5) is 11.4 Å². The van der Waals surface area contributed by atoms with Crippen molar-refractivity contribution in [2.45, 2.75) is 56.0 Å². The van der Waals surface area contributed by atoms with Crippen LogP contribution in [0, 0.1) is 0 Å². The summed E-state index contributed by atoms with van der Waals surface area (Å²) in [6, 6.07) is 13.1. The number of nitrogens with one attached hydrogen (secondary N) is 2. The molecule has 0 spiro atoms. The Morgan fingerprint density at radius 3 is 2.56 bits per heavy atom. The molecule has 2 aliphatic heterocycles. The maximum atomic E-state index is 13.2. The van der Waals surface area contributed by atoms with E-state index < -0.39 is 21.5 Å². The summed E-state index contributed by atoms with van der Waals surface area (Å²) in [5, 5.41) is 16.1. The van der Waals surface area contributed by atoms with E-state index in [-0.39, 0.29) is 11.5 Å². The zero-order valence-electron chi connectivity index (χ0n) is 20.1. The monoisotopic (exact) mass is 487 g/mol. The predicted molar refractivity (Wildman–Crippen MR) is 132 cm³/mol. The molecule has 3 N–H and O–H groups in total. The van der Waals surface area contributed by atoms with Gasteiger partial charge in [0.2, 0.25) is 10.0 Å². The van der Waals surface area contributed by atoms with Crippen molar-refractivity contribution in [2.75, 3.05) is 36.9 Å². The number of carbonyl (C=O) groups is 1. The Kier molecular flexibility index (Phi) is 6.39. The topological polar surface area (TPSA) is 108 Å². The number of hydrogen-bond acceptors (Lipinski definition) is 6. The highest BCUT2D eigenvalue weighted by molar-refractivity contribution is 7.89. The zero-order valence-corrected chi connectivity index (χ0v) is 20.9. The second-order valence-corrected chi connectivity index (χ2v) is 12.1. The molecular formula is C25H33N3O5S. The molecule has 0 radical (unpaired) electrons. The molecule has 0 aliphatic carbocycles. The van der Waals surface area contributed by atoms with E-state index in [0.29, 0.717) is 31.2 Å². The third kappa shape index (κ3) is 4.78. The van der Waals surface area contributed by atoms with Crippen LogP contribution in [-0.4, -0.2) is 55.6 Å². The number of carboxylic acids is 1. The van der Waals surface area contributed by atoms with Gasteiger partial charge in [0.25, 0.3) is 0 Å². The first kappa shape index (κ1) is 24.5. The van der Waals surface area contributed by atoms with Crippen LogP contribution < -0.4 is 10.6 Å². The molecule has 1 saturated heterocycles. The number of rotatable bonds is 6. The number of hydrogen-bond donors (Lipinski definition) is 3. The van der Waals surface area contributed by atoms with Crippen LogP contribution in [0.2, 0.25) is 0 Å². The summed E-state index contributed by atoms with van der Waals surface area (Å²) in [4.78, 5) is 11.8. The maximum Gasteiger partial charge on any atom is 0.328 e. The second kappa shape index (κ2) is 8.87. The summed E-state index contributed by atoms with van der Waals surface area (Å²) < 4.78 is 33.1. The molecule has 4 rings (SSSR count). The minimum absolute atomic E-state index is 0.00103. The molecule has 34 heavy (non-hydrogen) atoms. The normalized spacial score (nSPS) is 20.8. The molecule has 1 fully saturated rings. The van der Waals surface area contributed by atoms with E-state index in [0.717, 1.165) is 28.9 Å². The highest BCUT2D eigenvalue weighted by Gasteiger charge is 2.36. The number of sulfonamides is 1. The molecule has 0 amide bonds. The Labute approximate surface area is 201 Å². The van der Waals surface area contributed by atoms with Crippen LogP contribution in [0.15, 0.2) is 47.4 Å². The number of nitrogens with zero attached hydrogens (tertiary/aromatic N) is 1. The molecule has 1 unspecified atom stereocenters. The van der Waals surface area contributed by atoms with Crippen molar-refractivity contribution in [3.8, 4) is 0 Å². The number of morpholine rings is 1. The summed E-state index contributed by atoms with van der Waals surface area (Å²) in [6.45, 7) is 9.07. The first-order valence-electron chi connectivity index (χ1n) is 11.5. The summed E-state index contributed by atoms with van der Waals surface area (Å²) in [5.41, 5.74) is 2.29. The smallest absolute Gasteiger partial charge is 0.328 e. The Bertz CT molecular complexity index is 1190. The minimum Gasteiger partial charge on any atom is -0.480 e. The number of ether oxygens (including phenoxy) is 1. The SMILES string of the molecule is CC(C)(Nc1cccc(C2CC(C)(C)c3cc(S(=O)(=O)N4CCOCC4)ccc3N2)c1)C(=O)O. The predicted octanol–water partition coefficient (Wildman–Crippen LogP) is 3.82. The summed E-state index contributed by atoms with van der Waals surface area (Å²) in [7, 11) is -3.57. The molecule has 2 aliphatic rings. The van der Waals surface area contributed by atoms with Gasteiger partial charge in [-0.3, -0.25) is 0 Å². The third-order valence-electron chi connectivity index (χ3n) is 6.65. The van der Waals surface area contributed by atoms with E-state index in [4.69, 9.17) is 4.74 Å². The van der Waals surface area contributed by atoms with Crippen molar-refractivity contribution in [3.63, 3.8) is 0 Å². The lowest BCUT2D eigenvalue weighted by molar-refractivity contribution is -0.141. The van der Waals surface area contributed by atoms with E-state index in [1.807, 2.05) is 30.3 Å². The van der Waals surface area contributed by atoms with Crippen molar-refractivity contribution < 1.29 is 23.1 Å². The van der Waals surface area contributed by atoms with Gasteiger partial charge in [-0.05, 0) is 67.1 Å². The second-order valence-electron chi connectivity index (χ2n) is 10.2. The highest BCUT2D eigenvalue weighted by Crippen LogP contribution is 2.45. The molecule has 9 heteroatoms. The van der Waals surface area contributed by atoms with Gasteiger partial charge in [-0.2, -0.15) is 4.31 Å². The van der Waals surface area contributed by atoms with E-state index >= 15 is 0 Å². The van der Waals surface area contributed by atoms with E-state index in [9.17, 15) is 18.3 Å². The van der Waals surface area contributed by atoms with Crippen molar-refractivity contribution in [3.05, 3.63) is 53.6 Å². The van der Waals surface area contributed by atoms with Gasteiger partial charge >= 0.3 is 5.97 Å². The molecule has 2 aromatic carbocycles. The fourth-order valence-electron chi connectivity index (χ4n) is 4.61. The lowest BCUT2D eigenvalue weighted by atomic mass is 9.74. The van der Waals surface area contributed by atoms with Crippen molar-refractivity contribution in [2.24, 2.45) is 0 Å². The molecule has 0 aromatic heterocycles. The molecule has 2 heterocycles. The summed E-state index contributed by atoms with van der Waals surface area (Å²) in [5.74, 6) is -0.924. The van der Waals surface area contributed by atoms with Crippen LogP contribution in [-0.2, 0) is 25.0 Å². The summed E-state index contributed by atoms with van der Waals surface area (Å²) in [6.07, 6.45) is 0.757. The third-order valence-corrected chi connectivity index (χ3v) is 8.55. The Hall–Kier alpha value is -2.62. The average Bonchev–Trinajstić information content (AvgIpc) is 2.78. The maximum absolute atomic E-state index is 13.2. The van der Waals surface area contributed by atoms with Crippen LogP contribution in [0.5, 0.6) is 0 Å². The standard InChI is InChI=1S/C25H33N3O5S/c1-24(2)16-22(17-6-5-7-18(14-17)27-25(3,4)23(29)30)26-21-9-8-19(15-20(21)24)34(31,32)28-10-12-33-13-11-28/h5-9,14-15,22,26-27H,10-13,16H2,1-4H3,(H,29,30). The van der Waals surface area contributed by atoms with E-state index in [2.05, 4.69) is 24.5 Å². The molecule has 184 valence electrons. The van der Waals surface area contributed by atoms with E-state index in [1.165, 1.54) is 4.31 Å². The van der Waals surface area contributed by atoms with Crippen LogP contribution in [0.1, 0.15) is 51.3 Å². The molecule has 8 nitrogen and oxygen atoms in total. The van der Waals surface area contributed by atoms with Crippen molar-refractivity contribution in [1.82, 2.24) is 4.31 Å². The highest BCUT2D eigenvalue weighted by atomic mass is 32.2. The lowest BCUT2D eigenvalue weighted by Crippen LogP contribution is -2.40. The fraction of sp³-hybridized carbons (Fsp3) is 0.480. The lowest BCUT2D eigenvalue weighted by Gasteiger charge is -2.39. The van der Waals surface area contributed by atoms with Gasteiger partial charge in [-0.1, -0.05) is 26.0 Å². The van der Waals surface area contributed by atoms with Gasteiger partial charge < -0.3 is 20.5 Å². The number of carboxylic acid groups (broad SMARTS) is 1. The van der Waals surface area contributed by atoms with Gasteiger partial charge in [0.1, 0.15) is 5.54 Å². The van der Waals surface area contributed by atoms with Crippen molar-refractivity contribution >= 4 is 27.4 Å². The fourth-order valence-corrected chi connectivity index (χ4v) is 6.05. The number of aliphatic carboxylic acids is 1. The van der Waals surface area contributed by atoms with Crippen LogP contribution in [0.3, 0.4) is 0 Å². The minimum atomic E-state index is -3.57. The van der Waals surface area contributed by atoms with E-state index in [1.54, 1.807) is 26.0 Å². The Morgan fingerprint density at radius 1 is 1.18 bits per heavy atom. The number of benzene rings is 2. The number of fused-ring (bicyclic) bond motifs is 1. The molecule has 0 bridgehead atoms. The van der Waals surface area contributed by atoms with Gasteiger partial charge in [0, 0.05) is 24.5 Å². The molecule has 1 atom stereocenters. The largest absolute Gasteiger partial charge is 0.480 e.